The lowest BCUT2D eigenvalue weighted by Crippen LogP contribution is -2.34. The van der Waals surface area contributed by atoms with Crippen molar-refractivity contribution in [1.82, 2.24) is 15.5 Å². The van der Waals surface area contributed by atoms with Crippen LogP contribution in [0.25, 0.3) is 0 Å². The summed E-state index contributed by atoms with van der Waals surface area (Å²) >= 11 is 5.88. The number of halogens is 1. The summed E-state index contributed by atoms with van der Waals surface area (Å²) in [6.45, 7) is 0. The van der Waals surface area contributed by atoms with Crippen molar-refractivity contribution in [3.05, 3.63) is 64.9 Å². The molecule has 0 aliphatic heterocycles. The van der Waals surface area contributed by atoms with Crippen molar-refractivity contribution in [2.45, 2.75) is 12.5 Å². The van der Waals surface area contributed by atoms with Crippen molar-refractivity contribution in [2.75, 3.05) is 31.4 Å². The lowest BCUT2D eigenvalue weighted by molar-refractivity contribution is 0.247. The van der Waals surface area contributed by atoms with Crippen LogP contribution in [0.2, 0.25) is 5.02 Å². The fraction of sp³-hybridized carbons (Fsp3) is 0.250. The molecule has 8 nitrogen and oxygen atoms in total. The first-order chi connectivity index (χ1) is 13.9. The predicted octanol–water partition coefficient (Wildman–Crippen LogP) is 3.90. The summed E-state index contributed by atoms with van der Waals surface area (Å²) in [4.78, 5) is 18.6. The molecule has 0 radical (unpaired) electrons. The smallest absolute Gasteiger partial charge is 0.323 e. The van der Waals surface area contributed by atoms with Crippen LogP contribution >= 0.6 is 11.6 Å². The Hall–Kier alpha value is -3.26. The van der Waals surface area contributed by atoms with Gasteiger partial charge >= 0.3 is 12.0 Å². The van der Waals surface area contributed by atoms with Crippen LogP contribution in [0.1, 0.15) is 17.4 Å². The second kappa shape index (κ2) is 9.29. The number of benzene rings is 2. The van der Waals surface area contributed by atoms with Crippen LogP contribution in [0.5, 0.6) is 5.75 Å². The van der Waals surface area contributed by atoms with Crippen LogP contribution in [0.15, 0.2) is 53.1 Å². The number of hydrogen-bond acceptors (Lipinski definition) is 6. The average Bonchev–Trinajstić information content (AvgIpc) is 3.20. The molecule has 0 saturated heterocycles. The minimum Gasteiger partial charge on any atom is -0.497 e. The van der Waals surface area contributed by atoms with E-state index in [1.807, 2.05) is 24.3 Å². The first-order valence-electron chi connectivity index (χ1n) is 8.91. The van der Waals surface area contributed by atoms with E-state index >= 15 is 0 Å². The molecule has 3 aromatic rings. The van der Waals surface area contributed by atoms with E-state index in [-0.39, 0.29) is 6.03 Å². The monoisotopic (exact) mass is 415 g/mol. The van der Waals surface area contributed by atoms with Gasteiger partial charge in [0.1, 0.15) is 5.75 Å². The van der Waals surface area contributed by atoms with Crippen LogP contribution in [0.4, 0.5) is 16.5 Å². The molecule has 9 heteroatoms. The van der Waals surface area contributed by atoms with Gasteiger partial charge < -0.3 is 24.8 Å². The van der Waals surface area contributed by atoms with Crippen molar-refractivity contribution in [2.24, 2.45) is 0 Å². The third kappa shape index (κ3) is 5.61. The van der Waals surface area contributed by atoms with Crippen LogP contribution in [-0.2, 0) is 6.42 Å². The number of amides is 2. The van der Waals surface area contributed by atoms with Crippen LogP contribution in [-0.4, -0.2) is 37.4 Å². The van der Waals surface area contributed by atoms with E-state index in [9.17, 15) is 4.79 Å². The fourth-order valence-corrected chi connectivity index (χ4v) is 2.74. The van der Waals surface area contributed by atoms with Crippen molar-refractivity contribution < 1.29 is 14.1 Å². The average molecular weight is 416 g/mol. The second-order valence-electron chi connectivity index (χ2n) is 6.54. The zero-order chi connectivity index (χ0) is 20.8. The maximum Gasteiger partial charge on any atom is 0.323 e. The van der Waals surface area contributed by atoms with Crippen LogP contribution in [0.3, 0.4) is 0 Å². The predicted molar refractivity (Wildman–Crippen MR) is 112 cm³/mol. The van der Waals surface area contributed by atoms with Gasteiger partial charge in [0.2, 0.25) is 0 Å². The number of carbonyl (C=O) groups excluding carboxylic acids is 1. The van der Waals surface area contributed by atoms with Crippen molar-refractivity contribution in [3.63, 3.8) is 0 Å². The molecule has 2 aromatic carbocycles. The number of aromatic nitrogens is 2. The number of urea groups is 1. The Morgan fingerprint density at radius 2 is 1.86 bits per heavy atom. The highest BCUT2D eigenvalue weighted by Gasteiger charge is 2.22. The molecule has 0 unspecified atom stereocenters. The number of hydrogen-bond donors (Lipinski definition) is 2. The van der Waals surface area contributed by atoms with E-state index < -0.39 is 6.04 Å². The summed E-state index contributed by atoms with van der Waals surface area (Å²) in [6.07, 6.45) is 0.477. The Kier molecular flexibility index (Phi) is 6.56. The minimum absolute atomic E-state index is 0.361. The molecule has 1 heterocycles. The molecular formula is C20H22ClN5O3. The molecular weight excluding hydrogens is 394 g/mol. The fourth-order valence-electron chi connectivity index (χ4n) is 2.61. The molecule has 1 atom stereocenters. The number of carbonyl (C=O) groups is 1. The Bertz CT molecular complexity index is 942. The third-order valence-corrected chi connectivity index (χ3v) is 4.38. The van der Waals surface area contributed by atoms with Gasteiger partial charge in [0.15, 0.2) is 5.82 Å². The Balaban J connectivity index is 1.76. The van der Waals surface area contributed by atoms with Gasteiger partial charge in [-0.05, 0) is 42.0 Å². The van der Waals surface area contributed by atoms with Gasteiger partial charge in [-0.2, -0.15) is 4.98 Å². The van der Waals surface area contributed by atoms with Gasteiger partial charge in [0.25, 0.3) is 0 Å². The summed E-state index contributed by atoms with van der Waals surface area (Å²) < 4.78 is 10.4. The topological polar surface area (TPSA) is 92.5 Å². The van der Waals surface area contributed by atoms with E-state index in [0.717, 1.165) is 11.3 Å². The second-order valence-corrected chi connectivity index (χ2v) is 6.98. The summed E-state index contributed by atoms with van der Waals surface area (Å²) in [5, 5.41) is 10.3. The van der Waals surface area contributed by atoms with Gasteiger partial charge in [-0.25, -0.2) is 4.79 Å². The van der Waals surface area contributed by atoms with E-state index in [2.05, 4.69) is 20.8 Å². The number of ether oxygens (including phenoxy) is 1. The van der Waals surface area contributed by atoms with Crippen molar-refractivity contribution in [1.29, 1.82) is 0 Å². The maximum absolute atomic E-state index is 12.5. The van der Waals surface area contributed by atoms with Gasteiger partial charge in [-0.1, -0.05) is 28.9 Å². The number of nitrogens with one attached hydrogen (secondary N) is 2. The maximum atomic E-state index is 12.5. The first-order valence-corrected chi connectivity index (χ1v) is 9.29. The highest BCUT2D eigenvalue weighted by Crippen LogP contribution is 2.21. The molecule has 29 heavy (non-hydrogen) atoms. The standard InChI is InChI=1S/C20H22ClN5O3/c1-26(2)20-24-18(25-29-20)17(12-13-4-10-16(28-3)11-5-13)23-19(27)22-15-8-6-14(21)7-9-15/h4-11,17H,12H2,1-3H3,(H2,22,23,27)/t17-/m0/s1. The molecule has 2 N–H and O–H groups in total. The summed E-state index contributed by atoms with van der Waals surface area (Å²) in [7, 11) is 5.22. The van der Waals surface area contributed by atoms with E-state index in [0.29, 0.717) is 29.0 Å². The molecule has 0 fully saturated rings. The van der Waals surface area contributed by atoms with E-state index in [1.165, 1.54) is 0 Å². The van der Waals surface area contributed by atoms with Crippen LogP contribution in [0, 0.1) is 0 Å². The zero-order valence-corrected chi connectivity index (χ0v) is 17.1. The molecule has 0 spiro atoms. The lowest BCUT2D eigenvalue weighted by atomic mass is 10.1. The highest BCUT2D eigenvalue weighted by atomic mass is 35.5. The molecule has 1 aromatic heterocycles. The SMILES string of the molecule is COc1ccc(C[C@H](NC(=O)Nc2ccc(Cl)cc2)c2noc(N(C)C)n2)cc1. The van der Waals surface area contributed by atoms with E-state index in [1.54, 1.807) is 50.4 Å². The van der Waals surface area contributed by atoms with Crippen molar-refractivity contribution >= 4 is 29.3 Å². The van der Waals surface area contributed by atoms with Gasteiger partial charge in [-0.15, -0.1) is 0 Å². The largest absolute Gasteiger partial charge is 0.497 e. The number of rotatable bonds is 7. The molecule has 0 saturated carbocycles. The number of anilines is 2. The van der Waals surface area contributed by atoms with Gasteiger partial charge in [-0.3, -0.25) is 0 Å². The molecule has 3 rings (SSSR count). The van der Waals surface area contributed by atoms with E-state index in [4.69, 9.17) is 20.9 Å². The summed E-state index contributed by atoms with van der Waals surface area (Å²) in [6, 6.07) is 13.9. The van der Waals surface area contributed by atoms with Crippen LogP contribution < -0.4 is 20.3 Å². The van der Waals surface area contributed by atoms with Gasteiger partial charge in [0, 0.05) is 31.2 Å². The summed E-state index contributed by atoms with van der Waals surface area (Å²) in [5.41, 5.74) is 1.61. The minimum atomic E-state index is -0.492. The quantitative estimate of drug-likeness (QED) is 0.608. The third-order valence-electron chi connectivity index (χ3n) is 4.13. The van der Waals surface area contributed by atoms with Crippen molar-refractivity contribution in [3.8, 4) is 5.75 Å². The number of methoxy groups -OCH3 is 1. The highest BCUT2D eigenvalue weighted by molar-refractivity contribution is 6.30. The Morgan fingerprint density at radius 1 is 1.17 bits per heavy atom. The zero-order valence-electron chi connectivity index (χ0n) is 16.3. The lowest BCUT2D eigenvalue weighted by Gasteiger charge is -2.16. The molecule has 2 amide bonds. The molecule has 0 aliphatic carbocycles. The molecule has 152 valence electrons. The van der Waals surface area contributed by atoms with Gasteiger partial charge in [0.05, 0.1) is 13.2 Å². The number of nitrogens with zero attached hydrogens (tertiary/aromatic N) is 3. The molecule has 0 bridgehead atoms. The normalized spacial score (nSPS) is 11.6. The summed E-state index contributed by atoms with van der Waals surface area (Å²) in [5.74, 6) is 1.14. The molecule has 0 aliphatic rings. The Labute approximate surface area is 173 Å². The first kappa shape index (κ1) is 20.5. The Morgan fingerprint density at radius 3 is 2.45 bits per heavy atom.